The first-order valence-electron chi connectivity index (χ1n) is 5.06. The van der Waals surface area contributed by atoms with Crippen molar-refractivity contribution >= 4 is 11.0 Å². The Kier molecular flexibility index (Phi) is 1.68. The van der Waals surface area contributed by atoms with Gasteiger partial charge in [-0.1, -0.05) is 30.3 Å². The largest absolute Gasteiger partial charge is 0.282 e. The van der Waals surface area contributed by atoms with Crippen molar-refractivity contribution in [2.24, 2.45) is 7.05 Å². The normalized spacial score (nSPS) is 11.0. The van der Waals surface area contributed by atoms with E-state index in [4.69, 9.17) is 0 Å². The van der Waals surface area contributed by atoms with Crippen LogP contribution >= 0.6 is 0 Å². The predicted molar refractivity (Wildman–Crippen MR) is 62.2 cm³/mol. The Morgan fingerprint density at radius 1 is 0.733 bits per heavy atom. The van der Waals surface area contributed by atoms with Gasteiger partial charge in [0.25, 0.3) is 0 Å². The van der Waals surface area contributed by atoms with Crippen LogP contribution in [-0.4, -0.2) is 9.36 Å². The summed E-state index contributed by atoms with van der Waals surface area (Å²) in [7, 11) is 2.08. The summed E-state index contributed by atoms with van der Waals surface area (Å²) in [6, 6.07) is 18.8. The van der Waals surface area contributed by atoms with E-state index in [9.17, 15) is 0 Å². The second kappa shape index (κ2) is 3.02. The first kappa shape index (κ1) is 8.36. The van der Waals surface area contributed by atoms with Gasteiger partial charge in [-0.2, -0.15) is 0 Å². The van der Waals surface area contributed by atoms with Crippen LogP contribution in [0.15, 0.2) is 54.6 Å². The smallest absolute Gasteiger partial charge is 0.0884 e. The molecule has 74 valence electrons. The summed E-state index contributed by atoms with van der Waals surface area (Å²) in [6.07, 6.45) is 0. The zero-order valence-electron chi connectivity index (χ0n) is 8.59. The molecular weight excluding hydrogens is 184 g/mol. The Morgan fingerprint density at radius 2 is 1.33 bits per heavy atom. The SMILES string of the molecule is Cn1c2ccccc2n1-c1ccccc1. The van der Waals surface area contributed by atoms with Gasteiger partial charge in [0.1, 0.15) is 0 Å². The highest BCUT2D eigenvalue weighted by Gasteiger charge is 2.09. The van der Waals surface area contributed by atoms with Gasteiger partial charge >= 0.3 is 0 Å². The zero-order valence-corrected chi connectivity index (χ0v) is 8.59. The summed E-state index contributed by atoms with van der Waals surface area (Å²) in [4.78, 5) is 0. The molecule has 0 amide bonds. The van der Waals surface area contributed by atoms with E-state index in [0.29, 0.717) is 0 Å². The lowest BCUT2D eigenvalue weighted by Crippen LogP contribution is -2.18. The Balaban J connectivity index is 2.25. The van der Waals surface area contributed by atoms with Crippen LogP contribution in [0.25, 0.3) is 16.7 Å². The fraction of sp³-hybridized carbons (Fsp3) is 0.0769. The Morgan fingerprint density at radius 3 is 2.07 bits per heavy atom. The molecule has 0 saturated carbocycles. The maximum absolute atomic E-state index is 2.20. The standard InChI is InChI=1S/C13H12N2/c1-14-12-9-5-6-10-13(12)15(14)11-7-3-2-4-8-11/h2-10H,1H3. The minimum absolute atomic E-state index is 1.21. The zero-order chi connectivity index (χ0) is 10.3. The highest BCUT2D eigenvalue weighted by Crippen LogP contribution is 2.22. The van der Waals surface area contributed by atoms with Crippen LogP contribution in [0.2, 0.25) is 0 Å². The summed E-state index contributed by atoms with van der Waals surface area (Å²) < 4.78 is 4.36. The highest BCUT2D eigenvalue weighted by molar-refractivity contribution is 5.80. The van der Waals surface area contributed by atoms with Crippen molar-refractivity contribution < 1.29 is 0 Å². The van der Waals surface area contributed by atoms with Crippen LogP contribution in [0.5, 0.6) is 0 Å². The average molecular weight is 196 g/mol. The molecule has 0 aliphatic carbocycles. The molecule has 0 aliphatic rings. The maximum atomic E-state index is 2.20. The average Bonchev–Trinajstić information content (AvgIpc) is 2.30. The molecule has 0 N–H and O–H groups in total. The molecule has 2 heteroatoms. The van der Waals surface area contributed by atoms with E-state index in [1.54, 1.807) is 0 Å². The molecule has 0 bridgehead atoms. The molecule has 1 heterocycles. The highest BCUT2D eigenvalue weighted by atomic mass is 15.4. The fourth-order valence-corrected chi connectivity index (χ4v) is 2.02. The monoisotopic (exact) mass is 196 g/mol. The number of rotatable bonds is 1. The van der Waals surface area contributed by atoms with E-state index in [2.05, 4.69) is 64.9 Å². The molecule has 2 aromatic carbocycles. The lowest BCUT2D eigenvalue weighted by atomic mass is 10.2. The van der Waals surface area contributed by atoms with Crippen molar-refractivity contribution in [3.05, 3.63) is 54.6 Å². The number of fused-ring (bicyclic) bond motifs is 1. The van der Waals surface area contributed by atoms with E-state index < -0.39 is 0 Å². The summed E-state index contributed by atoms with van der Waals surface area (Å²) in [5, 5.41) is 0. The number of para-hydroxylation sites is 3. The van der Waals surface area contributed by atoms with Crippen LogP contribution in [0, 0.1) is 0 Å². The molecule has 0 fully saturated rings. The lowest BCUT2D eigenvalue weighted by molar-refractivity contribution is 0.654. The number of nitrogens with zero attached hydrogens (tertiary/aromatic N) is 2. The van der Waals surface area contributed by atoms with Crippen LogP contribution in [-0.2, 0) is 7.05 Å². The molecule has 15 heavy (non-hydrogen) atoms. The summed E-state index contributed by atoms with van der Waals surface area (Å²) in [5.41, 5.74) is 3.76. The first-order valence-corrected chi connectivity index (χ1v) is 5.06. The number of hydrogen-bond donors (Lipinski definition) is 0. The number of aromatic nitrogens is 2. The molecule has 0 unspecified atom stereocenters. The third-order valence-corrected chi connectivity index (χ3v) is 2.76. The first-order chi connectivity index (χ1) is 7.38. The van der Waals surface area contributed by atoms with Crippen LogP contribution < -0.4 is 0 Å². The molecular formula is C13H12N2. The Bertz CT molecular complexity index is 587. The fourth-order valence-electron chi connectivity index (χ4n) is 2.02. The van der Waals surface area contributed by atoms with E-state index in [0.717, 1.165) is 0 Å². The van der Waals surface area contributed by atoms with Gasteiger partial charge in [0, 0.05) is 7.05 Å². The second-order valence-corrected chi connectivity index (χ2v) is 3.66. The summed E-state index contributed by atoms with van der Waals surface area (Å²) in [6.45, 7) is 0. The van der Waals surface area contributed by atoms with Crippen LogP contribution in [0.3, 0.4) is 0 Å². The Hall–Kier alpha value is -1.96. The van der Waals surface area contributed by atoms with Gasteiger partial charge < -0.3 is 0 Å². The van der Waals surface area contributed by atoms with Gasteiger partial charge in [-0.05, 0) is 24.3 Å². The van der Waals surface area contributed by atoms with Crippen LogP contribution in [0.4, 0.5) is 0 Å². The van der Waals surface area contributed by atoms with Gasteiger partial charge in [0.2, 0.25) is 0 Å². The van der Waals surface area contributed by atoms with Crippen LogP contribution in [0.1, 0.15) is 0 Å². The molecule has 0 aliphatic heterocycles. The van der Waals surface area contributed by atoms with Crippen molar-refractivity contribution in [2.75, 3.05) is 0 Å². The van der Waals surface area contributed by atoms with Gasteiger partial charge in [-0.15, -0.1) is 0 Å². The van der Waals surface area contributed by atoms with Gasteiger partial charge in [0.05, 0.1) is 16.7 Å². The number of benzene rings is 2. The number of aryl methyl sites for hydroxylation is 1. The summed E-state index contributed by atoms with van der Waals surface area (Å²) >= 11 is 0. The van der Waals surface area contributed by atoms with Crippen molar-refractivity contribution in [1.82, 2.24) is 9.36 Å². The minimum Gasteiger partial charge on any atom is -0.282 e. The van der Waals surface area contributed by atoms with E-state index in [-0.39, 0.29) is 0 Å². The number of hydrogen-bond acceptors (Lipinski definition) is 0. The second-order valence-electron chi connectivity index (χ2n) is 3.66. The van der Waals surface area contributed by atoms with E-state index in [1.165, 1.54) is 16.7 Å². The van der Waals surface area contributed by atoms with Crippen molar-refractivity contribution in [2.45, 2.75) is 0 Å². The lowest BCUT2D eigenvalue weighted by Gasteiger charge is -2.23. The third-order valence-electron chi connectivity index (χ3n) is 2.76. The van der Waals surface area contributed by atoms with E-state index >= 15 is 0 Å². The maximum Gasteiger partial charge on any atom is 0.0884 e. The quantitative estimate of drug-likeness (QED) is 0.566. The van der Waals surface area contributed by atoms with Gasteiger partial charge in [0.15, 0.2) is 0 Å². The minimum atomic E-state index is 1.21. The Labute approximate surface area is 88.3 Å². The topological polar surface area (TPSA) is 9.86 Å². The molecule has 1 aromatic heterocycles. The molecule has 0 atom stereocenters. The predicted octanol–water partition coefficient (Wildman–Crippen LogP) is 2.97. The third kappa shape index (κ3) is 1.11. The van der Waals surface area contributed by atoms with Gasteiger partial charge in [-0.25, -0.2) is 0 Å². The summed E-state index contributed by atoms with van der Waals surface area (Å²) in [5.74, 6) is 0. The molecule has 0 radical (unpaired) electrons. The molecule has 3 aromatic rings. The molecule has 0 saturated heterocycles. The van der Waals surface area contributed by atoms with Gasteiger partial charge in [-0.3, -0.25) is 9.36 Å². The van der Waals surface area contributed by atoms with Crippen molar-refractivity contribution in [3.63, 3.8) is 0 Å². The van der Waals surface area contributed by atoms with Crippen molar-refractivity contribution in [3.8, 4) is 5.69 Å². The molecule has 3 rings (SSSR count). The molecule has 2 nitrogen and oxygen atoms in total. The molecule has 0 spiro atoms. The van der Waals surface area contributed by atoms with Crippen molar-refractivity contribution in [1.29, 1.82) is 0 Å². The van der Waals surface area contributed by atoms with E-state index in [1.807, 2.05) is 6.07 Å².